The van der Waals surface area contributed by atoms with Crippen LogP contribution < -0.4 is 0 Å². The molecule has 0 N–H and O–H groups in total. The Hall–Kier alpha value is -1.25. The number of rotatable bonds is 1. The van der Waals surface area contributed by atoms with Gasteiger partial charge in [-0.1, -0.05) is 18.7 Å². The van der Waals surface area contributed by atoms with Gasteiger partial charge in [-0.25, -0.2) is 4.79 Å². The topological polar surface area (TPSA) is 29.5 Å². The molecule has 0 radical (unpaired) electrons. The first kappa shape index (κ1) is 12.2. The molecule has 0 spiro atoms. The van der Waals surface area contributed by atoms with Crippen LogP contribution in [0.15, 0.2) is 24.3 Å². The number of carbonyl (C=O) groups excluding carboxylic acids is 1. The molecule has 0 aliphatic carbocycles. The molecule has 3 nitrogen and oxygen atoms in total. The third-order valence-corrected chi connectivity index (χ3v) is 3.35. The van der Waals surface area contributed by atoms with Crippen molar-refractivity contribution in [2.75, 3.05) is 0 Å². The van der Waals surface area contributed by atoms with Crippen LogP contribution in [0.1, 0.15) is 40.0 Å². The zero-order valence-corrected chi connectivity index (χ0v) is 10.9. The van der Waals surface area contributed by atoms with Gasteiger partial charge in [-0.3, -0.25) is 4.90 Å². The highest BCUT2D eigenvalue weighted by molar-refractivity contribution is 5.71. The maximum absolute atomic E-state index is 12.2. The van der Waals surface area contributed by atoms with E-state index in [1.807, 2.05) is 31.7 Å². The van der Waals surface area contributed by atoms with Crippen LogP contribution in [0.2, 0.25) is 0 Å². The zero-order valence-electron chi connectivity index (χ0n) is 10.9. The van der Waals surface area contributed by atoms with E-state index in [9.17, 15) is 4.79 Å². The number of fused-ring (bicyclic) bond motifs is 2. The van der Waals surface area contributed by atoms with Gasteiger partial charge in [0.1, 0.15) is 5.60 Å². The highest BCUT2D eigenvalue weighted by Gasteiger charge is 2.42. The van der Waals surface area contributed by atoms with Gasteiger partial charge >= 0.3 is 6.09 Å². The molecule has 2 bridgehead atoms. The molecule has 1 saturated heterocycles. The molecule has 0 saturated carbocycles. The lowest BCUT2D eigenvalue weighted by Gasteiger charge is -2.35. The van der Waals surface area contributed by atoms with Crippen LogP contribution in [0.3, 0.4) is 0 Å². The summed E-state index contributed by atoms with van der Waals surface area (Å²) >= 11 is 0. The van der Waals surface area contributed by atoms with E-state index in [0.29, 0.717) is 6.04 Å². The summed E-state index contributed by atoms with van der Waals surface area (Å²) in [5, 5.41) is 0. The van der Waals surface area contributed by atoms with Crippen LogP contribution in [0.4, 0.5) is 4.79 Å². The summed E-state index contributed by atoms with van der Waals surface area (Å²) in [5.74, 6) is 0. The maximum Gasteiger partial charge on any atom is 0.411 e. The van der Waals surface area contributed by atoms with Gasteiger partial charge in [-0.05, 0) is 45.6 Å². The Morgan fingerprint density at radius 2 is 2.24 bits per heavy atom. The van der Waals surface area contributed by atoms with Gasteiger partial charge in [0.25, 0.3) is 0 Å². The highest BCUT2D eigenvalue weighted by atomic mass is 16.6. The summed E-state index contributed by atoms with van der Waals surface area (Å²) in [6.45, 7) is 9.53. The first-order valence-electron chi connectivity index (χ1n) is 6.26. The van der Waals surface area contributed by atoms with Crippen molar-refractivity contribution < 1.29 is 9.53 Å². The van der Waals surface area contributed by atoms with E-state index in [1.54, 1.807) is 0 Å². The second kappa shape index (κ2) is 4.21. The van der Waals surface area contributed by atoms with Crippen LogP contribution in [-0.4, -0.2) is 28.7 Å². The molecule has 1 amide bonds. The molecular weight excluding hydrogens is 214 g/mol. The maximum atomic E-state index is 12.2. The van der Waals surface area contributed by atoms with Gasteiger partial charge in [0.05, 0.1) is 6.04 Å². The summed E-state index contributed by atoms with van der Waals surface area (Å²) in [7, 11) is 0. The molecule has 2 rings (SSSR count). The largest absolute Gasteiger partial charge is 0.444 e. The van der Waals surface area contributed by atoms with Crippen molar-refractivity contribution in [3.63, 3.8) is 0 Å². The molecule has 3 heteroatoms. The third kappa shape index (κ3) is 2.38. The fourth-order valence-electron chi connectivity index (χ4n) is 2.66. The third-order valence-electron chi connectivity index (χ3n) is 3.35. The van der Waals surface area contributed by atoms with Crippen LogP contribution >= 0.6 is 0 Å². The predicted octanol–water partition coefficient (Wildman–Crippen LogP) is 3.27. The fraction of sp³-hybridized carbons (Fsp3) is 0.643. The van der Waals surface area contributed by atoms with Crippen LogP contribution in [0.25, 0.3) is 0 Å². The highest BCUT2D eigenvalue weighted by Crippen LogP contribution is 2.36. The number of nitrogens with zero attached hydrogens (tertiary/aromatic N) is 1. The lowest BCUT2D eigenvalue weighted by atomic mass is 10.0. The standard InChI is InChI=1S/C14H21NO2/c1-5-10-6-7-11-8-9-12(10)15(11)13(16)17-14(2,3)4/h5-6,11-12H,1,7-9H2,2-4H3/t11-,12-/m0/s1. The van der Waals surface area contributed by atoms with Crippen LogP contribution in [0.5, 0.6) is 0 Å². The van der Waals surface area contributed by atoms with Crippen molar-refractivity contribution in [3.8, 4) is 0 Å². The van der Waals surface area contributed by atoms with Crippen molar-refractivity contribution >= 4 is 6.09 Å². The van der Waals surface area contributed by atoms with E-state index < -0.39 is 5.60 Å². The number of ether oxygens (including phenoxy) is 1. The van der Waals surface area contributed by atoms with Crippen molar-refractivity contribution in [2.24, 2.45) is 0 Å². The summed E-state index contributed by atoms with van der Waals surface area (Å²) in [5.41, 5.74) is 0.746. The van der Waals surface area contributed by atoms with E-state index in [2.05, 4.69) is 12.7 Å². The van der Waals surface area contributed by atoms with Gasteiger partial charge in [-0.15, -0.1) is 0 Å². The summed E-state index contributed by atoms with van der Waals surface area (Å²) in [4.78, 5) is 14.1. The van der Waals surface area contributed by atoms with E-state index >= 15 is 0 Å². The molecule has 2 heterocycles. The van der Waals surface area contributed by atoms with Gasteiger partial charge < -0.3 is 4.74 Å². The van der Waals surface area contributed by atoms with Gasteiger partial charge in [0, 0.05) is 6.04 Å². The minimum atomic E-state index is -0.425. The second-order valence-corrected chi connectivity index (χ2v) is 5.78. The van der Waals surface area contributed by atoms with E-state index in [0.717, 1.165) is 19.3 Å². The number of amides is 1. The van der Waals surface area contributed by atoms with Crippen molar-refractivity contribution in [1.29, 1.82) is 0 Å². The molecule has 0 aromatic rings. The summed E-state index contributed by atoms with van der Waals surface area (Å²) in [6, 6.07) is 0.500. The molecule has 2 atom stereocenters. The van der Waals surface area contributed by atoms with E-state index in [4.69, 9.17) is 4.74 Å². The molecule has 0 aromatic heterocycles. The average Bonchev–Trinajstić information content (AvgIpc) is 2.52. The number of carbonyl (C=O) groups is 1. The molecule has 2 aliphatic rings. The summed E-state index contributed by atoms with van der Waals surface area (Å²) < 4.78 is 5.48. The molecule has 94 valence electrons. The summed E-state index contributed by atoms with van der Waals surface area (Å²) in [6.07, 6.45) is 6.91. The van der Waals surface area contributed by atoms with Gasteiger partial charge in [-0.2, -0.15) is 0 Å². The SMILES string of the molecule is C=CC1=CC[C@H]2CC[C@@H]1N2C(=O)OC(C)(C)C. The quantitative estimate of drug-likeness (QED) is 0.698. The fourth-order valence-corrected chi connectivity index (χ4v) is 2.66. The number of hydrogen-bond acceptors (Lipinski definition) is 2. The first-order chi connectivity index (χ1) is 7.92. The molecule has 0 unspecified atom stereocenters. The second-order valence-electron chi connectivity index (χ2n) is 5.78. The Morgan fingerprint density at radius 1 is 1.53 bits per heavy atom. The minimum Gasteiger partial charge on any atom is -0.444 e. The first-order valence-corrected chi connectivity index (χ1v) is 6.26. The van der Waals surface area contributed by atoms with Crippen LogP contribution in [0, 0.1) is 0 Å². The normalized spacial score (nSPS) is 27.7. The Kier molecular flexibility index (Phi) is 3.02. The van der Waals surface area contributed by atoms with E-state index in [-0.39, 0.29) is 12.1 Å². The lowest BCUT2D eigenvalue weighted by Crippen LogP contribution is -2.46. The van der Waals surface area contributed by atoms with Crippen molar-refractivity contribution in [3.05, 3.63) is 24.3 Å². The molecular formula is C14H21NO2. The minimum absolute atomic E-state index is 0.182. The Morgan fingerprint density at radius 3 is 2.82 bits per heavy atom. The predicted molar refractivity (Wildman–Crippen MR) is 67.8 cm³/mol. The Bertz CT molecular complexity index is 365. The van der Waals surface area contributed by atoms with E-state index in [1.165, 1.54) is 5.57 Å². The zero-order chi connectivity index (χ0) is 12.6. The van der Waals surface area contributed by atoms with Crippen LogP contribution in [-0.2, 0) is 4.74 Å². The monoisotopic (exact) mass is 235 g/mol. The number of hydrogen-bond donors (Lipinski definition) is 0. The van der Waals surface area contributed by atoms with Gasteiger partial charge in [0.15, 0.2) is 0 Å². The van der Waals surface area contributed by atoms with Crippen molar-refractivity contribution in [2.45, 2.75) is 57.7 Å². The Balaban J connectivity index is 2.15. The lowest BCUT2D eigenvalue weighted by molar-refractivity contribution is 0.0164. The smallest absolute Gasteiger partial charge is 0.411 e. The van der Waals surface area contributed by atoms with Crippen molar-refractivity contribution in [1.82, 2.24) is 4.90 Å². The molecule has 1 fully saturated rings. The molecule has 17 heavy (non-hydrogen) atoms. The molecule has 0 aromatic carbocycles. The average molecular weight is 235 g/mol. The molecule has 2 aliphatic heterocycles. The van der Waals surface area contributed by atoms with Gasteiger partial charge in [0.2, 0.25) is 0 Å². The Labute approximate surface area is 103 Å².